The Bertz CT molecular complexity index is 1030. The fourth-order valence-electron chi connectivity index (χ4n) is 4.02. The monoisotopic (exact) mass is 405 g/mol. The van der Waals surface area contributed by atoms with Gasteiger partial charge >= 0.3 is 0 Å². The first kappa shape index (κ1) is 19.6. The van der Waals surface area contributed by atoms with Gasteiger partial charge in [0.15, 0.2) is 0 Å². The fourth-order valence-corrected chi connectivity index (χ4v) is 4.26. The summed E-state index contributed by atoms with van der Waals surface area (Å²) >= 11 is 6.30. The predicted molar refractivity (Wildman–Crippen MR) is 116 cm³/mol. The Kier molecular flexibility index (Phi) is 5.91. The quantitative estimate of drug-likeness (QED) is 0.504. The summed E-state index contributed by atoms with van der Waals surface area (Å²) in [6.45, 7) is 1.93. The third-order valence-corrected chi connectivity index (χ3v) is 5.73. The molecule has 1 aromatic carbocycles. The smallest absolute Gasteiger partial charge is 0.220 e. The van der Waals surface area contributed by atoms with Crippen molar-refractivity contribution in [1.82, 2.24) is 15.0 Å². The van der Waals surface area contributed by atoms with E-state index in [0.29, 0.717) is 17.0 Å². The lowest BCUT2D eigenvalue weighted by atomic mass is 9.83. The van der Waals surface area contributed by atoms with Gasteiger partial charge in [0, 0.05) is 29.7 Å². The SMILES string of the molecule is COc1nc(C)nc(C2CC=C(c3cccnc3Cl)CC2)c1Cc1ccccc1. The lowest BCUT2D eigenvalue weighted by Gasteiger charge is -2.25. The van der Waals surface area contributed by atoms with Crippen LogP contribution >= 0.6 is 11.6 Å². The maximum atomic E-state index is 6.30. The molecule has 4 nitrogen and oxygen atoms in total. The summed E-state index contributed by atoms with van der Waals surface area (Å²) < 4.78 is 5.64. The number of aryl methyl sites for hydroxylation is 1. The van der Waals surface area contributed by atoms with Crippen LogP contribution in [0.5, 0.6) is 5.88 Å². The van der Waals surface area contributed by atoms with Gasteiger partial charge in [0.1, 0.15) is 11.0 Å². The number of ether oxygens (including phenoxy) is 1. The first-order valence-electron chi connectivity index (χ1n) is 9.91. The number of methoxy groups -OCH3 is 1. The average molecular weight is 406 g/mol. The Labute approximate surface area is 176 Å². The van der Waals surface area contributed by atoms with E-state index in [9.17, 15) is 0 Å². The number of benzene rings is 1. The van der Waals surface area contributed by atoms with Crippen LogP contribution in [0.1, 0.15) is 53.4 Å². The second-order valence-electron chi connectivity index (χ2n) is 7.35. The highest BCUT2D eigenvalue weighted by Crippen LogP contribution is 2.39. The molecule has 1 atom stereocenters. The third kappa shape index (κ3) is 4.33. The van der Waals surface area contributed by atoms with Gasteiger partial charge in [-0.15, -0.1) is 0 Å². The normalized spacial score (nSPS) is 16.4. The molecule has 2 heterocycles. The van der Waals surface area contributed by atoms with Gasteiger partial charge in [-0.3, -0.25) is 0 Å². The van der Waals surface area contributed by atoms with Crippen molar-refractivity contribution in [1.29, 1.82) is 0 Å². The van der Waals surface area contributed by atoms with Crippen LogP contribution in [-0.4, -0.2) is 22.1 Å². The number of pyridine rings is 1. The highest BCUT2D eigenvalue weighted by molar-refractivity contribution is 6.31. The predicted octanol–water partition coefficient (Wildman–Crippen LogP) is 5.78. The molecule has 3 aromatic rings. The molecular weight excluding hydrogens is 382 g/mol. The largest absolute Gasteiger partial charge is 0.481 e. The fraction of sp³-hybridized carbons (Fsp3) is 0.292. The molecule has 0 bridgehead atoms. The van der Waals surface area contributed by atoms with E-state index in [1.54, 1.807) is 13.3 Å². The van der Waals surface area contributed by atoms with Crippen molar-refractivity contribution in [3.8, 4) is 5.88 Å². The summed E-state index contributed by atoms with van der Waals surface area (Å²) in [6.07, 6.45) is 7.66. The topological polar surface area (TPSA) is 47.9 Å². The Morgan fingerprint density at radius 2 is 1.93 bits per heavy atom. The summed E-state index contributed by atoms with van der Waals surface area (Å²) in [5.41, 5.74) is 5.72. The molecule has 2 aromatic heterocycles. The molecule has 1 aliphatic rings. The van der Waals surface area contributed by atoms with Crippen LogP contribution in [0, 0.1) is 6.92 Å². The molecule has 148 valence electrons. The molecule has 0 aliphatic heterocycles. The van der Waals surface area contributed by atoms with E-state index in [2.05, 4.69) is 40.3 Å². The summed E-state index contributed by atoms with van der Waals surface area (Å²) in [5, 5.41) is 0.571. The minimum absolute atomic E-state index is 0.337. The summed E-state index contributed by atoms with van der Waals surface area (Å²) in [6, 6.07) is 14.4. The van der Waals surface area contributed by atoms with Gasteiger partial charge in [0.2, 0.25) is 5.88 Å². The number of rotatable bonds is 5. The Hall–Kier alpha value is -2.72. The van der Waals surface area contributed by atoms with Crippen LogP contribution in [0.3, 0.4) is 0 Å². The number of aromatic nitrogens is 3. The average Bonchev–Trinajstić information content (AvgIpc) is 2.76. The van der Waals surface area contributed by atoms with E-state index in [1.807, 2.05) is 25.1 Å². The maximum Gasteiger partial charge on any atom is 0.220 e. The van der Waals surface area contributed by atoms with E-state index in [4.69, 9.17) is 21.3 Å². The molecule has 0 spiro atoms. The van der Waals surface area contributed by atoms with Crippen molar-refractivity contribution in [2.45, 2.75) is 38.5 Å². The van der Waals surface area contributed by atoms with E-state index in [0.717, 1.165) is 48.3 Å². The van der Waals surface area contributed by atoms with Crippen LogP contribution < -0.4 is 4.74 Å². The lowest BCUT2D eigenvalue weighted by molar-refractivity contribution is 0.388. The number of halogens is 1. The van der Waals surface area contributed by atoms with E-state index >= 15 is 0 Å². The molecule has 0 amide bonds. The summed E-state index contributed by atoms with van der Waals surface area (Å²) in [4.78, 5) is 13.6. The highest BCUT2D eigenvalue weighted by Gasteiger charge is 2.25. The number of hydrogen-bond donors (Lipinski definition) is 0. The second-order valence-corrected chi connectivity index (χ2v) is 7.71. The van der Waals surface area contributed by atoms with Crippen LogP contribution in [0.4, 0.5) is 0 Å². The van der Waals surface area contributed by atoms with Gasteiger partial charge in [-0.2, -0.15) is 4.98 Å². The van der Waals surface area contributed by atoms with Crippen LogP contribution in [0.15, 0.2) is 54.7 Å². The van der Waals surface area contributed by atoms with E-state index in [1.165, 1.54) is 11.1 Å². The van der Waals surface area contributed by atoms with Crippen molar-refractivity contribution in [2.24, 2.45) is 0 Å². The molecule has 0 N–H and O–H groups in total. The molecule has 0 saturated heterocycles. The van der Waals surface area contributed by atoms with Crippen molar-refractivity contribution in [2.75, 3.05) is 7.11 Å². The summed E-state index contributed by atoms with van der Waals surface area (Å²) in [5.74, 6) is 1.77. The zero-order valence-corrected chi connectivity index (χ0v) is 17.5. The molecule has 1 unspecified atom stereocenters. The number of hydrogen-bond acceptors (Lipinski definition) is 4. The Morgan fingerprint density at radius 3 is 2.62 bits per heavy atom. The molecule has 0 saturated carbocycles. The minimum atomic E-state index is 0.337. The van der Waals surface area contributed by atoms with Gasteiger partial charge in [-0.25, -0.2) is 9.97 Å². The van der Waals surface area contributed by atoms with Crippen molar-refractivity contribution >= 4 is 17.2 Å². The van der Waals surface area contributed by atoms with Gasteiger partial charge < -0.3 is 4.74 Å². The molecule has 0 radical (unpaired) electrons. The van der Waals surface area contributed by atoms with Crippen molar-refractivity contribution in [3.05, 3.63) is 88.1 Å². The Balaban J connectivity index is 1.66. The highest BCUT2D eigenvalue weighted by atomic mass is 35.5. The standard InChI is InChI=1S/C24H24ClN3O/c1-16-27-22(21(24(28-16)29-2)15-17-7-4-3-5-8-17)19-12-10-18(11-13-19)20-9-6-14-26-23(20)25/h3-10,14,19H,11-13,15H2,1-2H3. The van der Waals surface area contributed by atoms with E-state index < -0.39 is 0 Å². The van der Waals surface area contributed by atoms with Gasteiger partial charge in [-0.05, 0) is 43.4 Å². The van der Waals surface area contributed by atoms with Crippen molar-refractivity contribution in [3.63, 3.8) is 0 Å². The van der Waals surface area contributed by atoms with Crippen molar-refractivity contribution < 1.29 is 4.74 Å². The summed E-state index contributed by atoms with van der Waals surface area (Å²) in [7, 11) is 1.68. The molecule has 29 heavy (non-hydrogen) atoms. The number of nitrogens with zero attached hydrogens (tertiary/aromatic N) is 3. The van der Waals surface area contributed by atoms with Gasteiger partial charge in [0.25, 0.3) is 0 Å². The van der Waals surface area contributed by atoms with Crippen LogP contribution in [-0.2, 0) is 6.42 Å². The zero-order chi connectivity index (χ0) is 20.2. The molecule has 0 fully saturated rings. The zero-order valence-electron chi connectivity index (χ0n) is 16.7. The number of allylic oxidation sites excluding steroid dienone is 2. The molecule has 1 aliphatic carbocycles. The van der Waals surface area contributed by atoms with Crippen LogP contribution in [0.25, 0.3) is 5.57 Å². The minimum Gasteiger partial charge on any atom is -0.481 e. The first-order valence-corrected chi connectivity index (χ1v) is 10.3. The Morgan fingerprint density at radius 1 is 1.10 bits per heavy atom. The van der Waals surface area contributed by atoms with Gasteiger partial charge in [0.05, 0.1) is 12.8 Å². The van der Waals surface area contributed by atoms with E-state index in [-0.39, 0.29) is 0 Å². The third-order valence-electron chi connectivity index (χ3n) is 5.43. The van der Waals surface area contributed by atoms with Crippen LogP contribution in [0.2, 0.25) is 5.15 Å². The maximum absolute atomic E-state index is 6.30. The van der Waals surface area contributed by atoms with Gasteiger partial charge in [-0.1, -0.05) is 54.1 Å². The molecule has 5 heteroatoms. The molecule has 4 rings (SSSR count). The second kappa shape index (κ2) is 8.75. The molecular formula is C24H24ClN3O. The first-order chi connectivity index (χ1) is 14.2. The lowest BCUT2D eigenvalue weighted by Crippen LogP contribution is -2.13.